The van der Waals surface area contributed by atoms with E-state index in [1.807, 2.05) is 11.6 Å². The van der Waals surface area contributed by atoms with Crippen molar-refractivity contribution < 1.29 is 13.2 Å². The SMILES string of the molecule is Cn1ccnc1CNc1ccccc1SC(F)(F)F. The highest BCUT2D eigenvalue weighted by Gasteiger charge is 2.30. The quantitative estimate of drug-likeness (QED) is 0.871. The van der Waals surface area contributed by atoms with E-state index in [4.69, 9.17) is 0 Å². The number of benzene rings is 1. The van der Waals surface area contributed by atoms with Crippen LogP contribution >= 0.6 is 11.8 Å². The van der Waals surface area contributed by atoms with Gasteiger partial charge in [0.15, 0.2) is 0 Å². The van der Waals surface area contributed by atoms with Gasteiger partial charge >= 0.3 is 5.51 Å². The number of imidazole rings is 1. The Morgan fingerprint density at radius 2 is 2.05 bits per heavy atom. The summed E-state index contributed by atoms with van der Waals surface area (Å²) in [6.07, 6.45) is 3.43. The van der Waals surface area contributed by atoms with Gasteiger partial charge in [-0.05, 0) is 23.9 Å². The van der Waals surface area contributed by atoms with Crippen LogP contribution in [0.4, 0.5) is 18.9 Å². The summed E-state index contributed by atoms with van der Waals surface area (Å²) in [5.41, 5.74) is -3.84. The van der Waals surface area contributed by atoms with Crippen LogP contribution < -0.4 is 5.32 Å². The van der Waals surface area contributed by atoms with Gasteiger partial charge in [0.2, 0.25) is 0 Å². The van der Waals surface area contributed by atoms with E-state index in [0.717, 1.165) is 5.82 Å². The molecule has 102 valence electrons. The fraction of sp³-hybridized carbons (Fsp3) is 0.250. The molecule has 19 heavy (non-hydrogen) atoms. The molecule has 0 saturated heterocycles. The summed E-state index contributed by atoms with van der Waals surface area (Å²) in [5.74, 6) is 0.756. The molecule has 1 aromatic heterocycles. The van der Waals surface area contributed by atoms with Gasteiger partial charge in [-0.2, -0.15) is 13.2 Å². The largest absolute Gasteiger partial charge is 0.446 e. The number of nitrogens with one attached hydrogen (secondary N) is 1. The van der Waals surface area contributed by atoms with E-state index in [9.17, 15) is 13.2 Å². The predicted molar refractivity (Wildman–Crippen MR) is 68.9 cm³/mol. The average molecular weight is 287 g/mol. The number of hydrogen-bond donors (Lipinski definition) is 1. The van der Waals surface area contributed by atoms with Crippen LogP contribution in [0.25, 0.3) is 0 Å². The number of nitrogens with zero attached hydrogens (tertiary/aromatic N) is 2. The van der Waals surface area contributed by atoms with Gasteiger partial charge in [-0.25, -0.2) is 4.98 Å². The molecule has 0 amide bonds. The summed E-state index contributed by atoms with van der Waals surface area (Å²) in [6.45, 7) is 0.374. The highest BCUT2D eigenvalue weighted by Crippen LogP contribution is 2.40. The van der Waals surface area contributed by atoms with Gasteiger partial charge in [-0.3, -0.25) is 0 Å². The zero-order valence-electron chi connectivity index (χ0n) is 10.1. The molecule has 0 bridgehead atoms. The van der Waals surface area contributed by atoms with Crippen molar-refractivity contribution in [2.45, 2.75) is 16.9 Å². The second-order valence-corrected chi connectivity index (χ2v) is 4.96. The molecule has 1 heterocycles. The zero-order chi connectivity index (χ0) is 13.9. The van der Waals surface area contributed by atoms with Crippen LogP contribution in [0.2, 0.25) is 0 Å². The normalized spacial score (nSPS) is 11.6. The molecular formula is C12H12F3N3S. The number of alkyl halides is 3. The molecule has 0 atom stereocenters. The van der Waals surface area contributed by atoms with E-state index in [-0.39, 0.29) is 16.7 Å². The highest BCUT2D eigenvalue weighted by molar-refractivity contribution is 8.00. The molecule has 0 aliphatic heterocycles. The maximum Gasteiger partial charge on any atom is 0.446 e. The monoisotopic (exact) mass is 287 g/mol. The molecule has 0 unspecified atom stereocenters. The lowest BCUT2D eigenvalue weighted by molar-refractivity contribution is -0.0327. The van der Waals surface area contributed by atoms with E-state index in [2.05, 4.69) is 10.3 Å². The number of halogens is 3. The van der Waals surface area contributed by atoms with Crippen molar-refractivity contribution in [3.63, 3.8) is 0 Å². The first-order chi connectivity index (χ1) is 8.96. The highest BCUT2D eigenvalue weighted by atomic mass is 32.2. The minimum absolute atomic E-state index is 0.121. The van der Waals surface area contributed by atoms with E-state index < -0.39 is 5.51 Å². The molecule has 1 aromatic carbocycles. The van der Waals surface area contributed by atoms with Gasteiger partial charge in [0, 0.05) is 30.0 Å². The topological polar surface area (TPSA) is 29.9 Å². The molecule has 0 saturated carbocycles. The van der Waals surface area contributed by atoms with Crippen LogP contribution in [0.3, 0.4) is 0 Å². The van der Waals surface area contributed by atoms with Gasteiger partial charge in [0.05, 0.1) is 6.54 Å². The number of para-hydroxylation sites is 1. The summed E-state index contributed by atoms with van der Waals surface area (Å²) in [7, 11) is 1.83. The third-order valence-corrected chi connectivity index (χ3v) is 3.28. The van der Waals surface area contributed by atoms with Crippen LogP contribution in [0.5, 0.6) is 0 Å². The zero-order valence-corrected chi connectivity index (χ0v) is 10.9. The van der Waals surface area contributed by atoms with Crippen molar-refractivity contribution in [1.82, 2.24) is 9.55 Å². The fourth-order valence-electron chi connectivity index (χ4n) is 1.57. The number of hydrogen-bond acceptors (Lipinski definition) is 3. The van der Waals surface area contributed by atoms with Crippen molar-refractivity contribution in [3.05, 3.63) is 42.5 Å². The first-order valence-corrected chi connectivity index (χ1v) is 6.32. The Hall–Kier alpha value is -1.63. The summed E-state index contributed by atoms with van der Waals surface area (Å²) in [5, 5.41) is 2.97. The van der Waals surface area contributed by atoms with Crippen molar-refractivity contribution in [2.75, 3.05) is 5.32 Å². The molecule has 2 aromatic rings. The van der Waals surface area contributed by atoms with Crippen LogP contribution in [0, 0.1) is 0 Å². The number of rotatable bonds is 4. The summed E-state index contributed by atoms with van der Waals surface area (Å²) >= 11 is -0.121. The second-order valence-electron chi connectivity index (χ2n) is 3.85. The fourth-order valence-corrected chi connectivity index (χ4v) is 2.21. The summed E-state index contributed by atoms with van der Waals surface area (Å²) < 4.78 is 39.1. The Balaban J connectivity index is 2.10. The summed E-state index contributed by atoms with van der Waals surface area (Å²) in [6, 6.07) is 6.34. The first-order valence-electron chi connectivity index (χ1n) is 5.50. The smallest absolute Gasteiger partial charge is 0.377 e. The average Bonchev–Trinajstić information content (AvgIpc) is 2.72. The number of aryl methyl sites for hydroxylation is 1. The number of thioether (sulfide) groups is 1. The molecule has 2 rings (SSSR count). The Bertz CT molecular complexity index is 551. The number of aromatic nitrogens is 2. The Labute approximate surface area is 112 Å². The molecule has 7 heteroatoms. The molecule has 0 aliphatic carbocycles. The predicted octanol–water partition coefficient (Wildman–Crippen LogP) is 3.64. The van der Waals surface area contributed by atoms with Crippen LogP contribution in [-0.2, 0) is 13.6 Å². The van der Waals surface area contributed by atoms with Gasteiger partial charge in [-0.15, -0.1) is 0 Å². The van der Waals surface area contributed by atoms with Crippen molar-refractivity contribution >= 4 is 17.4 Å². The standard InChI is InChI=1S/C12H12F3N3S/c1-18-7-6-16-11(18)8-17-9-4-2-3-5-10(9)19-12(13,14)15/h2-7,17H,8H2,1H3. The minimum Gasteiger partial charge on any atom is -0.377 e. The Morgan fingerprint density at radius 3 is 2.68 bits per heavy atom. The van der Waals surface area contributed by atoms with Crippen molar-refractivity contribution in [3.8, 4) is 0 Å². The molecule has 0 aliphatic rings. The molecule has 3 nitrogen and oxygen atoms in total. The number of anilines is 1. The second kappa shape index (κ2) is 5.56. The van der Waals surface area contributed by atoms with Gasteiger partial charge in [-0.1, -0.05) is 12.1 Å². The van der Waals surface area contributed by atoms with Gasteiger partial charge < -0.3 is 9.88 Å². The lowest BCUT2D eigenvalue weighted by Crippen LogP contribution is -2.07. The van der Waals surface area contributed by atoms with Crippen molar-refractivity contribution in [1.29, 1.82) is 0 Å². The van der Waals surface area contributed by atoms with Gasteiger partial charge in [0.25, 0.3) is 0 Å². The minimum atomic E-state index is -4.29. The lowest BCUT2D eigenvalue weighted by atomic mass is 10.3. The molecular weight excluding hydrogens is 275 g/mol. The van der Waals surface area contributed by atoms with Crippen molar-refractivity contribution in [2.24, 2.45) is 7.05 Å². The third-order valence-electron chi connectivity index (χ3n) is 2.47. The van der Waals surface area contributed by atoms with Gasteiger partial charge in [0.1, 0.15) is 5.82 Å². The third kappa shape index (κ3) is 3.92. The lowest BCUT2D eigenvalue weighted by Gasteiger charge is -2.12. The molecule has 0 fully saturated rings. The first kappa shape index (κ1) is 13.8. The van der Waals surface area contributed by atoms with E-state index in [1.165, 1.54) is 6.07 Å². The Kier molecular flexibility index (Phi) is 4.04. The maximum absolute atomic E-state index is 12.4. The van der Waals surface area contributed by atoms with E-state index >= 15 is 0 Å². The maximum atomic E-state index is 12.4. The van der Waals surface area contributed by atoms with E-state index in [0.29, 0.717) is 12.2 Å². The van der Waals surface area contributed by atoms with Crippen LogP contribution in [0.1, 0.15) is 5.82 Å². The molecule has 0 spiro atoms. The summed E-state index contributed by atoms with van der Waals surface area (Å²) in [4.78, 5) is 4.26. The van der Waals surface area contributed by atoms with Crippen LogP contribution in [-0.4, -0.2) is 15.1 Å². The van der Waals surface area contributed by atoms with Crippen LogP contribution in [0.15, 0.2) is 41.6 Å². The van der Waals surface area contributed by atoms with E-state index in [1.54, 1.807) is 30.6 Å². The Morgan fingerprint density at radius 1 is 1.32 bits per heavy atom. The molecule has 0 radical (unpaired) electrons. The molecule has 1 N–H and O–H groups in total.